The van der Waals surface area contributed by atoms with Crippen molar-refractivity contribution >= 4 is 17.9 Å². The molecule has 0 saturated heterocycles. The maximum absolute atomic E-state index is 12.7. The largest absolute Gasteiger partial charge is 0.545 e. The van der Waals surface area contributed by atoms with E-state index < -0.39 is 24.3 Å². The van der Waals surface area contributed by atoms with Crippen molar-refractivity contribution in [2.24, 2.45) is 0 Å². The second-order valence-corrected chi connectivity index (χ2v) is 17.1. The van der Waals surface area contributed by atoms with Gasteiger partial charge in [-0.2, -0.15) is 0 Å². The van der Waals surface area contributed by atoms with Crippen LogP contribution in [0.2, 0.25) is 0 Å². The summed E-state index contributed by atoms with van der Waals surface area (Å²) in [6.07, 6.45) is 35.5. The van der Waals surface area contributed by atoms with E-state index in [2.05, 4.69) is 13.8 Å². The van der Waals surface area contributed by atoms with Crippen LogP contribution >= 0.6 is 0 Å². The van der Waals surface area contributed by atoms with E-state index in [0.717, 1.165) is 38.5 Å². The molecule has 9 nitrogen and oxygen atoms in total. The Labute approximate surface area is 339 Å². The van der Waals surface area contributed by atoms with E-state index in [1.165, 1.54) is 154 Å². The SMILES string of the molecule is CCCCCCCCCCCCCCCCCC(=O)OCC(COC(OCC[N+](C)(C)C)C(=O)[O-])OC(=O)CCCCCCCCCCCCCCCCC. The number of aliphatic carboxylic acids is 1. The monoisotopic (exact) mass is 784 g/mol. The van der Waals surface area contributed by atoms with Crippen molar-refractivity contribution in [2.45, 2.75) is 232 Å². The lowest BCUT2D eigenvalue weighted by atomic mass is 10.0. The zero-order chi connectivity index (χ0) is 40.7. The zero-order valence-electron chi connectivity index (χ0n) is 36.8. The minimum atomic E-state index is -1.61. The quantitative estimate of drug-likeness (QED) is 0.0260. The molecular weight excluding hydrogens is 695 g/mol. The number of ether oxygens (including phenoxy) is 4. The Morgan fingerprint density at radius 3 is 1.16 bits per heavy atom. The van der Waals surface area contributed by atoms with Crippen molar-refractivity contribution in [1.82, 2.24) is 0 Å². The summed E-state index contributed by atoms with van der Waals surface area (Å²) in [5.41, 5.74) is 0. The van der Waals surface area contributed by atoms with Crippen LogP contribution in [0.4, 0.5) is 0 Å². The van der Waals surface area contributed by atoms with E-state index in [1.807, 2.05) is 21.1 Å². The molecule has 9 heteroatoms. The topological polar surface area (TPSA) is 111 Å². The fraction of sp³-hybridized carbons (Fsp3) is 0.935. The Balaban J connectivity index is 4.38. The predicted molar refractivity (Wildman–Crippen MR) is 224 cm³/mol. The number of hydrogen-bond donors (Lipinski definition) is 0. The summed E-state index contributed by atoms with van der Waals surface area (Å²) in [5.74, 6) is -2.26. The lowest BCUT2D eigenvalue weighted by Crippen LogP contribution is -2.44. The van der Waals surface area contributed by atoms with Gasteiger partial charge >= 0.3 is 11.9 Å². The van der Waals surface area contributed by atoms with Crippen LogP contribution in [-0.2, 0) is 33.3 Å². The molecule has 2 unspecified atom stereocenters. The summed E-state index contributed by atoms with van der Waals surface area (Å²) in [7, 11) is 5.92. The minimum absolute atomic E-state index is 0.153. The maximum atomic E-state index is 12.7. The molecule has 0 aliphatic heterocycles. The van der Waals surface area contributed by atoms with Gasteiger partial charge in [-0.1, -0.05) is 194 Å². The number of unbranched alkanes of at least 4 members (excludes halogenated alkanes) is 28. The Morgan fingerprint density at radius 1 is 0.473 bits per heavy atom. The number of hydrogen-bond acceptors (Lipinski definition) is 8. The molecule has 0 N–H and O–H groups in total. The number of rotatable bonds is 43. The van der Waals surface area contributed by atoms with E-state index in [-0.39, 0.29) is 32.2 Å². The first-order chi connectivity index (χ1) is 26.6. The smallest absolute Gasteiger partial charge is 0.306 e. The first-order valence-corrected chi connectivity index (χ1v) is 23.2. The average molecular weight is 784 g/mol. The van der Waals surface area contributed by atoms with Crippen LogP contribution in [0.1, 0.15) is 219 Å². The molecule has 0 heterocycles. The van der Waals surface area contributed by atoms with Gasteiger partial charge in [0.1, 0.15) is 13.2 Å². The molecule has 0 aliphatic rings. The summed E-state index contributed by atoms with van der Waals surface area (Å²) in [4.78, 5) is 37.0. The molecule has 0 aromatic rings. The van der Waals surface area contributed by atoms with Crippen LogP contribution in [0, 0.1) is 0 Å². The molecule has 55 heavy (non-hydrogen) atoms. The van der Waals surface area contributed by atoms with Gasteiger partial charge in [0.2, 0.25) is 0 Å². The van der Waals surface area contributed by atoms with Crippen molar-refractivity contribution in [3.05, 3.63) is 0 Å². The van der Waals surface area contributed by atoms with Crippen LogP contribution in [0.5, 0.6) is 0 Å². The fourth-order valence-corrected chi connectivity index (χ4v) is 6.71. The number of carboxylic acid groups (broad SMARTS) is 1. The van der Waals surface area contributed by atoms with Gasteiger partial charge in [-0.05, 0) is 12.8 Å². The minimum Gasteiger partial charge on any atom is -0.545 e. The highest BCUT2D eigenvalue weighted by atomic mass is 16.7. The van der Waals surface area contributed by atoms with Crippen molar-refractivity contribution in [1.29, 1.82) is 0 Å². The van der Waals surface area contributed by atoms with E-state index in [0.29, 0.717) is 17.4 Å². The molecule has 0 aromatic carbocycles. The van der Waals surface area contributed by atoms with Gasteiger partial charge in [0.15, 0.2) is 12.4 Å². The second-order valence-electron chi connectivity index (χ2n) is 17.1. The van der Waals surface area contributed by atoms with Gasteiger partial charge in [-0.3, -0.25) is 9.59 Å². The van der Waals surface area contributed by atoms with Gasteiger partial charge in [-0.15, -0.1) is 0 Å². The summed E-state index contributed by atoms with van der Waals surface area (Å²) in [5, 5.41) is 11.7. The number of esters is 2. The standard InChI is InChI=1S/C46H89NO8/c1-6-8-10-12-14-16-18-20-22-24-26-28-30-32-34-36-43(48)53-40-42(41-54-46(45(50)51)52-39-38-47(3,4)5)55-44(49)37-35-33-31-29-27-25-23-21-19-17-15-13-11-9-7-2/h42,46H,6-41H2,1-5H3. The lowest BCUT2D eigenvalue weighted by molar-refractivity contribution is -0.870. The van der Waals surface area contributed by atoms with E-state index in [4.69, 9.17) is 18.9 Å². The molecule has 2 atom stereocenters. The van der Waals surface area contributed by atoms with Crippen molar-refractivity contribution < 1.29 is 42.9 Å². The highest BCUT2D eigenvalue weighted by Gasteiger charge is 2.21. The van der Waals surface area contributed by atoms with Crippen molar-refractivity contribution in [3.63, 3.8) is 0 Å². The zero-order valence-corrected chi connectivity index (χ0v) is 36.8. The third-order valence-corrected chi connectivity index (χ3v) is 10.4. The number of likely N-dealkylation sites (N-methyl/N-ethyl adjacent to an activating group) is 1. The highest BCUT2D eigenvalue weighted by Crippen LogP contribution is 2.16. The molecule has 0 fully saturated rings. The number of carboxylic acids is 1. The van der Waals surface area contributed by atoms with Gasteiger partial charge in [0.05, 0.1) is 40.3 Å². The molecular formula is C46H89NO8. The average Bonchev–Trinajstić information content (AvgIpc) is 3.14. The summed E-state index contributed by atoms with van der Waals surface area (Å²) in [6.45, 7) is 4.78. The van der Waals surface area contributed by atoms with E-state index in [9.17, 15) is 19.5 Å². The summed E-state index contributed by atoms with van der Waals surface area (Å²) < 4.78 is 22.6. The maximum Gasteiger partial charge on any atom is 0.306 e. The molecule has 0 amide bonds. The van der Waals surface area contributed by atoms with E-state index in [1.54, 1.807) is 0 Å². The molecule has 0 spiro atoms. The normalized spacial score (nSPS) is 12.8. The number of quaternary nitrogens is 1. The van der Waals surface area contributed by atoms with Crippen molar-refractivity contribution in [3.8, 4) is 0 Å². The van der Waals surface area contributed by atoms with Gasteiger partial charge in [0.25, 0.3) is 0 Å². The highest BCUT2D eigenvalue weighted by molar-refractivity contribution is 5.70. The van der Waals surface area contributed by atoms with Gasteiger partial charge in [-0.25, -0.2) is 0 Å². The van der Waals surface area contributed by atoms with Crippen LogP contribution in [-0.4, -0.2) is 82.3 Å². The predicted octanol–water partition coefficient (Wildman–Crippen LogP) is 10.8. The number of carbonyl (C=O) groups excluding carboxylic acids is 3. The van der Waals surface area contributed by atoms with Crippen LogP contribution < -0.4 is 5.11 Å². The van der Waals surface area contributed by atoms with Crippen LogP contribution in [0.15, 0.2) is 0 Å². The fourth-order valence-electron chi connectivity index (χ4n) is 6.71. The van der Waals surface area contributed by atoms with Crippen molar-refractivity contribution in [2.75, 3.05) is 47.5 Å². The van der Waals surface area contributed by atoms with Crippen LogP contribution in [0.3, 0.4) is 0 Å². The Bertz CT molecular complexity index is 876. The van der Waals surface area contributed by atoms with Gasteiger partial charge < -0.3 is 33.3 Å². The molecule has 0 radical (unpaired) electrons. The number of nitrogens with zero attached hydrogens (tertiary/aromatic N) is 1. The molecule has 0 saturated carbocycles. The van der Waals surface area contributed by atoms with Crippen LogP contribution in [0.25, 0.3) is 0 Å². The summed E-state index contributed by atoms with van der Waals surface area (Å²) >= 11 is 0. The Kier molecular flexibility index (Phi) is 37.9. The third-order valence-electron chi connectivity index (χ3n) is 10.4. The Hall–Kier alpha value is -1.71. The second kappa shape index (κ2) is 39.1. The van der Waals surface area contributed by atoms with E-state index >= 15 is 0 Å². The Morgan fingerprint density at radius 2 is 0.818 bits per heavy atom. The lowest BCUT2D eigenvalue weighted by Gasteiger charge is -2.26. The third kappa shape index (κ3) is 40.3. The molecule has 0 rings (SSSR count). The molecule has 0 aliphatic carbocycles. The summed E-state index contributed by atoms with van der Waals surface area (Å²) in [6, 6.07) is 0. The molecule has 326 valence electrons. The van der Waals surface area contributed by atoms with Gasteiger partial charge in [0, 0.05) is 12.8 Å². The molecule has 0 aromatic heterocycles. The number of carbonyl (C=O) groups is 3. The first-order valence-electron chi connectivity index (χ1n) is 23.2. The first kappa shape index (κ1) is 53.3. The molecule has 0 bridgehead atoms.